The van der Waals surface area contributed by atoms with Gasteiger partial charge in [-0.2, -0.15) is 15.0 Å². The number of aryl methyl sites for hydroxylation is 1. The van der Waals surface area contributed by atoms with Crippen molar-refractivity contribution in [3.05, 3.63) is 28.8 Å². The third kappa shape index (κ3) is 4.17. The standard InChI is InChI=1S/C13H17ClN6O/c1-3-6-21-13-18-11(17-12(19-13)20-15)16-10-5-4-8(2)7-9(10)14/h4-5,7H,3,6,15H2,1-2H3,(H2,16,17,18,19,20). The van der Waals surface area contributed by atoms with E-state index < -0.39 is 0 Å². The van der Waals surface area contributed by atoms with E-state index in [1.54, 1.807) is 0 Å². The van der Waals surface area contributed by atoms with Crippen LogP contribution in [0.4, 0.5) is 17.6 Å². The molecule has 0 unspecified atom stereocenters. The molecule has 0 spiro atoms. The first-order valence-electron chi connectivity index (χ1n) is 6.51. The maximum Gasteiger partial charge on any atom is 0.323 e. The van der Waals surface area contributed by atoms with Gasteiger partial charge in [-0.05, 0) is 31.0 Å². The van der Waals surface area contributed by atoms with Crippen molar-refractivity contribution in [1.82, 2.24) is 15.0 Å². The molecule has 1 aromatic heterocycles. The second-order valence-corrected chi connectivity index (χ2v) is 4.77. The van der Waals surface area contributed by atoms with Crippen molar-refractivity contribution >= 4 is 29.2 Å². The Morgan fingerprint density at radius 1 is 1.24 bits per heavy atom. The van der Waals surface area contributed by atoms with Gasteiger partial charge in [-0.15, -0.1) is 0 Å². The smallest absolute Gasteiger partial charge is 0.323 e. The lowest BCUT2D eigenvalue weighted by molar-refractivity contribution is 0.292. The molecule has 0 atom stereocenters. The number of hydrogen-bond donors (Lipinski definition) is 3. The third-order valence-electron chi connectivity index (χ3n) is 2.55. The molecule has 0 saturated carbocycles. The fourth-order valence-electron chi connectivity index (χ4n) is 1.58. The lowest BCUT2D eigenvalue weighted by Gasteiger charge is -2.10. The van der Waals surface area contributed by atoms with Gasteiger partial charge in [-0.1, -0.05) is 24.6 Å². The molecule has 21 heavy (non-hydrogen) atoms. The number of nitrogens with two attached hydrogens (primary N) is 1. The molecule has 112 valence electrons. The van der Waals surface area contributed by atoms with Gasteiger partial charge in [0.05, 0.1) is 17.3 Å². The summed E-state index contributed by atoms with van der Waals surface area (Å²) in [6, 6.07) is 5.84. The number of anilines is 3. The molecule has 2 rings (SSSR count). The molecular formula is C13H17ClN6O. The number of nitrogen functional groups attached to an aromatic ring is 1. The van der Waals surface area contributed by atoms with Gasteiger partial charge in [0, 0.05) is 0 Å². The summed E-state index contributed by atoms with van der Waals surface area (Å²) in [5.74, 6) is 5.86. The SMILES string of the molecule is CCCOc1nc(NN)nc(Nc2ccc(C)cc2Cl)n1. The van der Waals surface area contributed by atoms with E-state index in [1.807, 2.05) is 32.0 Å². The molecule has 0 radical (unpaired) electrons. The summed E-state index contributed by atoms with van der Waals surface area (Å²) in [7, 11) is 0. The Morgan fingerprint density at radius 3 is 2.67 bits per heavy atom. The second kappa shape index (κ2) is 7.05. The first kappa shape index (κ1) is 15.3. The zero-order valence-corrected chi connectivity index (χ0v) is 12.6. The van der Waals surface area contributed by atoms with Crippen LogP contribution in [0.1, 0.15) is 18.9 Å². The van der Waals surface area contributed by atoms with E-state index in [4.69, 9.17) is 22.2 Å². The lowest BCUT2D eigenvalue weighted by Crippen LogP contribution is -2.14. The average molecular weight is 309 g/mol. The van der Waals surface area contributed by atoms with Gasteiger partial charge in [0.15, 0.2) is 0 Å². The molecule has 7 nitrogen and oxygen atoms in total. The van der Waals surface area contributed by atoms with E-state index in [1.165, 1.54) is 0 Å². The number of halogens is 1. The van der Waals surface area contributed by atoms with E-state index in [-0.39, 0.29) is 12.0 Å². The summed E-state index contributed by atoms with van der Waals surface area (Å²) in [5.41, 5.74) is 4.14. The third-order valence-corrected chi connectivity index (χ3v) is 2.86. The Balaban J connectivity index is 2.25. The summed E-state index contributed by atoms with van der Waals surface area (Å²) in [6.45, 7) is 4.47. The van der Waals surface area contributed by atoms with Gasteiger partial charge in [0.25, 0.3) is 0 Å². The van der Waals surface area contributed by atoms with E-state index >= 15 is 0 Å². The Morgan fingerprint density at radius 2 is 2.00 bits per heavy atom. The van der Waals surface area contributed by atoms with Crippen molar-refractivity contribution in [2.75, 3.05) is 17.3 Å². The number of ether oxygens (including phenoxy) is 1. The van der Waals surface area contributed by atoms with Crippen molar-refractivity contribution < 1.29 is 4.74 Å². The number of rotatable bonds is 6. The topological polar surface area (TPSA) is 98.0 Å². The summed E-state index contributed by atoms with van der Waals surface area (Å²) in [4.78, 5) is 12.3. The van der Waals surface area contributed by atoms with Crippen LogP contribution in [-0.2, 0) is 0 Å². The highest BCUT2D eigenvalue weighted by atomic mass is 35.5. The minimum absolute atomic E-state index is 0.200. The van der Waals surface area contributed by atoms with E-state index in [0.717, 1.165) is 12.0 Å². The maximum atomic E-state index is 6.17. The van der Waals surface area contributed by atoms with Crippen LogP contribution in [-0.4, -0.2) is 21.6 Å². The molecule has 0 amide bonds. The number of nitrogens with one attached hydrogen (secondary N) is 2. The molecule has 4 N–H and O–H groups in total. The molecule has 0 aliphatic carbocycles. The highest BCUT2D eigenvalue weighted by Crippen LogP contribution is 2.25. The van der Waals surface area contributed by atoms with Gasteiger partial charge < -0.3 is 10.1 Å². The molecule has 0 bridgehead atoms. The second-order valence-electron chi connectivity index (χ2n) is 4.37. The fourth-order valence-corrected chi connectivity index (χ4v) is 1.86. The predicted molar refractivity (Wildman–Crippen MR) is 82.9 cm³/mol. The molecule has 0 fully saturated rings. The lowest BCUT2D eigenvalue weighted by atomic mass is 10.2. The van der Waals surface area contributed by atoms with E-state index in [9.17, 15) is 0 Å². The molecule has 8 heteroatoms. The Labute approximate surface area is 127 Å². The average Bonchev–Trinajstić information content (AvgIpc) is 2.48. The Kier molecular flexibility index (Phi) is 5.13. The van der Waals surface area contributed by atoms with Crippen molar-refractivity contribution in [3.63, 3.8) is 0 Å². The summed E-state index contributed by atoms with van der Waals surface area (Å²) < 4.78 is 5.39. The molecule has 1 heterocycles. The molecular weight excluding hydrogens is 292 g/mol. The van der Waals surface area contributed by atoms with Crippen LogP contribution in [0.2, 0.25) is 5.02 Å². The van der Waals surface area contributed by atoms with Crippen molar-refractivity contribution in [1.29, 1.82) is 0 Å². The summed E-state index contributed by atoms with van der Waals surface area (Å²) in [6.07, 6.45) is 0.851. The van der Waals surface area contributed by atoms with Crippen LogP contribution in [0, 0.1) is 6.92 Å². The van der Waals surface area contributed by atoms with Gasteiger partial charge in [0.2, 0.25) is 11.9 Å². The normalized spacial score (nSPS) is 10.3. The van der Waals surface area contributed by atoms with Gasteiger partial charge >= 0.3 is 6.01 Å². The predicted octanol–water partition coefficient (Wildman–Crippen LogP) is 2.65. The van der Waals surface area contributed by atoms with E-state index in [0.29, 0.717) is 23.3 Å². The van der Waals surface area contributed by atoms with Crippen LogP contribution in [0.5, 0.6) is 6.01 Å². The Hall–Kier alpha value is -2.12. The monoisotopic (exact) mass is 308 g/mol. The van der Waals surface area contributed by atoms with Crippen molar-refractivity contribution in [2.24, 2.45) is 5.84 Å². The minimum atomic E-state index is 0.200. The fraction of sp³-hybridized carbons (Fsp3) is 0.308. The molecule has 0 aliphatic heterocycles. The summed E-state index contributed by atoms with van der Waals surface area (Å²) in [5, 5.41) is 3.60. The number of nitrogens with zero attached hydrogens (tertiary/aromatic N) is 3. The zero-order chi connectivity index (χ0) is 15.2. The number of benzene rings is 1. The van der Waals surface area contributed by atoms with Gasteiger partial charge in [-0.3, -0.25) is 5.43 Å². The van der Waals surface area contributed by atoms with E-state index in [2.05, 4.69) is 25.7 Å². The van der Waals surface area contributed by atoms with Crippen molar-refractivity contribution in [2.45, 2.75) is 20.3 Å². The summed E-state index contributed by atoms with van der Waals surface area (Å²) >= 11 is 6.17. The molecule has 0 aliphatic rings. The van der Waals surface area contributed by atoms with Gasteiger partial charge in [-0.25, -0.2) is 5.84 Å². The first-order valence-corrected chi connectivity index (χ1v) is 6.89. The first-order chi connectivity index (χ1) is 10.1. The molecule has 0 saturated heterocycles. The largest absolute Gasteiger partial charge is 0.463 e. The quantitative estimate of drug-likeness (QED) is 0.557. The minimum Gasteiger partial charge on any atom is -0.463 e. The number of hydrogen-bond acceptors (Lipinski definition) is 7. The van der Waals surface area contributed by atoms with Crippen LogP contribution < -0.4 is 21.3 Å². The zero-order valence-electron chi connectivity index (χ0n) is 11.9. The number of hydrazine groups is 1. The molecule has 1 aromatic carbocycles. The highest BCUT2D eigenvalue weighted by Gasteiger charge is 2.09. The van der Waals surface area contributed by atoms with Gasteiger partial charge in [0.1, 0.15) is 0 Å². The Bertz CT molecular complexity index is 622. The van der Waals surface area contributed by atoms with Crippen molar-refractivity contribution in [3.8, 4) is 6.01 Å². The van der Waals surface area contributed by atoms with Crippen LogP contribution in [0.3, 0.4) is 0 Å². The molecule has 2 aromatic rings. The van der Waals surface area contributed by atoms with Crippen LogP contribution in [0.25, 0.3) is 0 Å². The number of aromatic nitrogens is 3. The van der Waals surface area contributed by atoms with Crippen LogP contribution in [0.15, 0.2) is 18.2 Å². The highest BCUT2D eigenvalue weighted by molar-refractivity contribution is 6.33. The van der Waals surface area contributed by atoms with Crippen LogP contribution >= 0.6 is 11.6 Å². The maximum absolute atomic E-state index is 6.17.